The van der Waals surface area contributed by atoms with E-state index >= 15 is 0 Å². The Balaban J connectivity index is 1.71. The van der Waals surface area contributed by atoms with Gasteiger partial charge in [-0.15, -0.1) is 11.3 Å². The minimum absolute atomic E-state index is 0.0802. The molecule has 0 saturated heterocycles. The van der Waals surface area contributed by atoms with E-state index in [0.717, 1.165) is 39.5 Å². The second-order valence-electron chi connectivity index (χ2n) is 7.72. The average molecular weight is 475 g/mol. The van der Waals surface area contributed by atoms with Crippen molar-refractivity contribution < 1.29 is 14.6 Å². The molecule has 7 nitrogen and oxygen atoms in total. The standard InChI is InChI=1S/C26H26N4O3S/c1-3-17(13-24(31)32)19-10-11-21(25-30-23(16-34-25)18-8-6-5-7-9-18)22(12-19)29-20-14-27-26(28-15-20)33-4-2/h5-12,14-17,29H,3-4,13H2,1-2H3,(H,31,32)/t17-/m1/s1. The first-order valence-electron chi connectivity index (χ1n) is 11.2. The Morgan fingerprint density at radius 2 is 1.88 bits per heavy atom. The zero-order chi connectivity index (χ0) is 23.9. The molecule has 2 aromatic heterocycles. The third kappa shape index (κ3) is 5.58. The summed E-state index contributed by atoms with van der Waals surface area (Å²) in [4.78, 5) is 24.7. The highest BCUT2D eigenvalue weighted by Gasteiger charge is 2.18. The Bertz CT molecular complexity index is 1240. The first-order chi connectivity index (χ1) is 16.6. The summed E-state index contributed by atoms with van der Waals surface area (Å²) in [5.74, 6) is -0.891. The number of nitrogens with zero attached hydrogens (tertiary/aromatic N) is 3. The third-order valence-electron chi connectivity index (χ3n) is 5.41. The molecule has 0 aliphatic rings. The quantitative estimate of drug-likeness (QED) is 0.275. The summed E-state index contributed by atoms with van der Waals surface area (Å²) in [7, 11) is 0. The summed E-state index contributed by atoms with van der Waals surface area (Å²) >= 11 is 1.57. The first-order valence-corrected chi connectivity index (χ1v) is 12.0. The number of aromatic nitrogens is 3. The number of hydrogen-bond donors (Lipinski definition) is 2. The topological polar surface area (TPSA) is 97.2 Å². The molecule has 4 aromatic rings. The van der Waals surface area contributed by atoms with Crippen molar-refractivity contribution in [2.75, 3.05) is 11.9 Å². The maximum Gasteiger partial charge on any atom is 0.316 e. The van der Waals surface area contributed by atoms with Gasteiger partial charge in [0, 0.05) is 22.2 Å². The smallest absolute Gasteiger partial charge is 0.316 e. The van der Waals surface area contributed by atoms with Crippen molar-refractivity contribution in [1.82, 2.24) is 15.0 Å². The number of nitrogens with one attached hydrogen (secondary N) is 1. The molecule has 1 atom stereocenters. The molecule has 0 spiro atoms. The Hall–Kier alpha value is -3.78. The van der Waals surface area contributed by atoms with Gasteiger partial charge in [0.2, 0.25) is 0 Å². The molecule has 0 amide bonds. The first kappa shape index (κ1) is 23.4. The van der Waals surface area contributed by atoms with Gasteiger partial charge in [0.1, 0.15) is 5.01 Å². The summed E-state index contributed by atoms with van der Waals surface area (Å²) in [6, 6.07) is 16.4. The van der Waals surface area contributed by atoms with Gasteiger partial charge in [-0.25, -0.2) is 15.0 Å². The zero-order valence-corrected chi connectivity index (χ0v) is 19.9. The molecule has 0 aliphatic heterocycles. The number of carboxylic acid groups (broad SMARTS) is 1. The van der Waals surface area contributed by atoms with Crippen molar-refractivity contribution in [3.63, 3.8) is 0 Å². The molecule has 2 aromatic carbocycles. The van der Waals surface area contributed by atoms with Crippen LogP contribution in [-0.4, -0.2) is 32.6 Å². The summed E-state index contributed by atoms with van der Waals surface area (Å²) in [6.45, 7) is 4.38. The van der Waals surface area contributed by atoms with Crippen LogP contribution in [0.3, 0.4) is 0 Å². The monoisotopic (exact) mass is 474 g/mol. The highest BCUT2D eigenvalue weighted by Crippen LogP contribution is 2.37. The molecule has 2 N–H and O–H groups in total. The number of hydrogen-bond acceptors (Lipinski definition) is 7. The van der Waals surface area contributed by atoms with E-state index in [1.807, 2.05) is 67.8 Å². The van der Waals surface area contributed by atoms with Gasteiger partial charge >= 0.3 is 12.0 Å². The van der Waals surface area contributed by atoms with Crippen LogP contribution in [0.15, 0.2) is 66.3 Å². The summed E-state index contributed by atoms with van der Waals surface area (Å²) in [5.41, 5.74) is 5.38. The van der Waals surface area contributed by atoms with E-state index in [-0.39, 0.29) is 12.3 Å². The highest BCUT2D eigenvalue weighted by atomic mass is 32.1. The Morgan fingerprint density at radius 1 is 1.12 bits per heavy atom. The number of benzene rings is 2. The van der Waals surface area contributed by atoms with Crippen molar-refractivity contribution in [3.8, 4) is 27.8 Å². The van der Waals surface area contributed by atoms with Crippen LogP contribution in [0.1, 0.15) is 38.2 Å². The van der Waals surface area contributed by atoms with E-state index in [1.54, 1.807) is 23.7 Å². The van der Waals surface area contributed by atoms with Gasteiger partial charge in [0.15, 0.2) is 0 Å². The van der Waals surface area contributed by atoms with Gasteiger partial charge in [0.05, 0.1) is 36.8 Å². The van der Waals surface area contributed by atoms with E-state index in [4.69, 9.17) is 9.72 Å². The fourth-order valence-electron chi connectivity index (χ4n) is 3.69. The molecule has 0 saturated carbocycles. The molecule has 2 heterocycles. The SMILES string of the molecule is CCOc1ncc(Nc2cc([C@H](CC)CC(=O)O)ccc2-c2nc(-c3ccccc3)cs2)cn1. The molecule has 0 unspecified atom stereocenters. The summed E-state index contributed by atoms with van der Waals surface area (Å²) in [6.07, 6.45) is 4.14. The fraction of sp³-hybridized carbons (Fsp3) is 0.231. The molecule has 0 aliphatic carbocycles. The van der Waals surface area contributed by atoms with Crippen LogP contribution in [0.25, 0.3) is 21.8 Å². The normalized spacial score (nSPS) is 11.7. The largest absolute Gasteiger partial charge is 0.481 e. The molecule has 0 fully saturated rings. The minimum Gasteiger partial charge on any atom is -0.481 e. The van der Waals surface area contributed by atoms with E-state index in [2.05, 4.69) is 15.3 Å². The lowest BCUT2D eigenvalue weighted by atomic mass is 9.92. The molecule has 174 valence electrons. The van der Waals surface area contributed by atoms with Crippen LogP contribution >= 0.6 is 11.3 Å². The number of thiazole rings is 1. The third-order valence-corrected chi connectivity index (χ3v) is 6.29. The van der Waals surface area contributed by atoms with Crippen LogP contribution < -0.4 is 10.1 Å². The van der Waals surface area contributed by atoms with Crippen LogP contribution in [0, 0.1) is 0 Å². The number of carbonyl (C=O) groups is 1. The molecular weight excluding hydrogens is 448 g/mol. The highest BCUT2D eigenvalue weighted by molar-refractivity contribution is 7.13. The lowest BCUT2D eigenvalue weighted by molar-refractivity contribution is -0.137. The van der Waals surface area contributed by atoms with E-state index in [9.17, 15) is 9.90 Å². The average Bonchev–Trinajstić information content (AvgIpc) is 3.34. The van der Waals surface area contributed by atoms with Crippen molar-refractivity contribution in [2.45, 2.75) is 32.6 Å². The summed E-state index contributed by atoms with van der Waals surface area (Å²) < 4.78 is 5.34. The van der Waals surface area contributed by atoms with Gasteiger partial charge in [-0.05, 0) is 37.0 Å². The maximum absolute atomic E-state index is 11.4. The molecular formula is C26H26N4O3S. The zero-order valence-electron chi connectivity index (χ0n) is 19.1. The van der Waals surface area contributed by atoms with Crippen LogP contribution in [0.4, 0.5) is 11.4 Å². The number of ether oxygens (including phenoxy) is 1. The van der Waals surface area contributed by atoms with Crippen molar-refractivity contribution in [1.29, 1.82) is 0 Å². The van der Waals surface area contributed by atoms with Gasteiger partial charge < -0.3 is 15.2 Å². The maximum atomic E-state index is 11.4. The van der Waals surface area contributed by atoms with Crippen LogP contribution in [0.5, 0.6) is 6.01 Å². The van der Waals surface area contributed by atoms with E-state index in [0.29, 0.717) is 18.3 Å². The molecule has 0 bridgehead atoms. The second-order valence-corrected chi connectivity index (χ2v) is 8.58. The number of carboxylic acids is 1. The van der Waals surface area contributed by atoms with E-state index < -0.39 is 5.97 Å². The van der Waals surface area contributed by atoms with E-state index in [1.165, 1.54) is 0 Å². The Kier molecular flexibility index (Phi) is 7.49. The predicted octanol–water partition coefficient (Wildman–Crippen LogP) is 6.38. The Labute approximate surface area is 202 Å². The van der Waals surface area contributed by atoms with Crippen LogP contribution in [0.2, 0.25) is 0 Å². The van der Waals surface area contributed by atoms with Crippen molar-refractivity contribution in [3.05, 3.63) is 71.9 Å². The lowest BCUT2D eigenvalue weighted by Gasteiger charge is -2.17. The molecule has 34 heavy (non-hydrogen) atoms. The minimum atomic E-state index is -0.808. The number of anilines is 2. The molecule has 8 heteroatoms. The predicted molar refractivity (Wildman–Crippen MR) is 135 cm³/mol. The second kappa shape index (κ2) is 10.9. The molecule has 0 radical (unpaired) electrons. The fourth-order valence-corrected chi connectivity index (χ4v) is 4.56. The van der Waals surface area contributed by atoms with Gasteiger partial charge in [-0.1, -0.05) is 43.3 Å². The van der Waals surface area contributed by atoms with Gasteiger partial charge in [0.25, 0.3) is 0 Å². The Morgan fingerprint density at radius 3 is 2.56 bits per heavy atom. The van der Waals surface area contributed by atoms with Crippen molar-refractivity contribution >= 4 is 28.7 Å². The number of aliphatic carboxylic acids is 1. The summed E-state index contributed by atoms with van der Waals surface area (Å²) in [5, 5.41) is 15.7. The van der Waals surface area contributed by atoms with Gasteiger partial charge in [-0.2, -0.15) is 0 Å². The van der Waals surface area contributed by atoms with Crippen LogP contribution in [-0.2, 0) is 4.79 Å². The molecule has 4 rings (SSSR count). The van der Waals surface area contributed by atoms with Crippen molar-refractivity contribution in [2.24, 2.45) is 0 Å². The van der Waals surface area contributed by atoms with Gasteiger partial charge in [-0.3, -0.25) is 4.79 Å². The number of rotatable bonds is 10. The lowest BCUT2D eigenvalue weighted by Crippen LogP contribution is -2.06.